The lowest BCUT2D eigenvalue weighted by Gasteiger charge is -2.25. The van der Waals surface area contributed by atoms with Crippen molar-refractivity contribution in [3.63, 3.8) is 0 Å². The van der Waals surface area contributed by atoms with Gasteiger partial charge in [-0.25, -0.2) is 0 Å². The van der Waals surface area contributed by atoms with Gasteiger partial charge in [0.15, 0.2) is 0 Å². The Hall–Kier alpha value is -1.65. The van der Waals surface area contributed by atoms with E-state index < -0.39 is 0 Å². The monoisotopic (exact) mass is 342 g/mol. The first-order chi connectivity index (χ1) is 11.5. The molecule has 1 amide bonds. The smallest absolute Gasteiger partial charge is 0.261 e. The van der Waals surface area contributed by atoms with Crippen LogP contribution in [-0.2, 0) is 12.8 Å². The first-order valence-corrected chi connectivity index (χ1v) is 9.47. The van der Waals surface area contributed by atoms with Crippen molar-refractivity contribution in [2.45, 2.75) is 32.2 Å². The average Bonchev–Trinajstić information content (AvgIpc) is 2.98. The van der Waals surface area contributed by atoms with Gasteiger partial charge in [0.25, 0.3) is 5.91 Å². The van der Waals surface area contributed by atoms with Gasteiger partial charge in [-0.1, -0.05) is 37.3 Å². The third-order valence-electron chi connectivity index (χ3n) is 4.82. The van der Waals surface area contributed by atoms with Gasteiger partial charge in [0, 0.05) is 11.4 Å². The van der Waals surface area contributed by atoms with Crippen LogP contribution in [-0.4, -0.2) is 31.4 Å². The van der Waals surface area contributed by atoms with Crippen molar-refractivity contribution in [2.75, 3.05) is 20.6 Å². The third-order valence-corrected chi connectivity index (χ3v) is 6.05. The van der Waals surface area contributed by atoms with E-state index in [1.165, 1.54) is 22.4 Å². The van der Waals surface area contributed by atoms with Crippen LogP contribution in [0, 0.1) is 5.92 Å². The van der Waals surface area contributed by atoms with Crippen molar-refractivity contribution in [1.29, 1.82) is 0 Å². The number of likely N-dealkylation sites (N-methyl/N-ethyl adjacent to an activating group) is 1. The Morgan fingerprint density at radius 3 is 2.79 bits per heavy atom. The lowest BCUT2D eigenvalue weighted by atomic mass is 9.90. The average molecular weight is 343 g/mol. The molecular formula is C20H26N2OS. The molecular weight excluding hydrogens is 316 g/mol. The molecule has 1 aromatic heterocycles. The molecule has 1 heterocycles. The number of thiophene rings is 1. The zero-order chi connectivity index (χ0) is 17.1. The molecule has 0 bridgehead atoms. The zero-order valence-corrected chi connectivity index (χ0v) is 15.5. The SMILES string of the molecule is C[C@@H]1CCc2sc(C(=O)NC[C@H](c3ccccc3)N(C)C)cc2C1. The first-order valence-electron chi connectivity index (χ1n) is 8.65. The zero-order valence-electron chi connectivity index (χ0n) is 14.7. The van der Waals surface area contributed by atoms with E-state index in [2.05, 4.69) is 49.4 Å². The molecule has 0 saturated carbocycles. The highest BCUT2D eigenvalue weighted by Crippen LogP contribution is 2.32. The number of amides is 1. The van der Waals surface area contributed by atoms with Gasteiger partial charge in [-0.15, -0.1) is 11.3 Å². The van der Waals surface area contributed by atoms with E-state index >= 15 is 0 Å². The molecule has 2 atom stereocenters. The highest BCUT2D eigenvalue weighted by atomic mass is 32.1. The molecule has 24 heavy (non-hydrogen) atoms. The van der Waals surface area contributed by atoms with E-state index in [0.29, 0.717) is 6.54 Å². The molecule has 0 fully saturated rings. The van der Waals surface area contributed by atoms with Crippen LogP contribution in [0.25, 0.3) is 0 Å². The van der Waals surface area contributed by atoms with Gasteiger partial charge in [0.1, 0.15) is 0 Å². The Balaban J connectivity index is 1.66. The van der Waals surface area contributed by atoms with Gasteiger partial charge in [-0.05, 0) is 56.5 Å². The summed E-state index contributed by atoms with van der Waals surface area (Å²) in [5.41, 5.74) is 2.61. The lowest BCUT2D eigenvalue weighted by Crippen LogP contribution is -2.34. The van der Waals surface area contributed by atoms with Gasteiger partial charge in [0.2, 0.25) is 0 Å². The van der Waals surface area contributed by atoms with Crippen molar-refractivity contribution in [3.05, 3.63) is 57.3 Å². The van der Waals surface area contributed by atoms with Gasteiger partial charge in [-0.2, -0.15) is 0 Å². The standard InChI is InChI=1S/C20H26N2OS/c1-14-9-10-18-16(11-14)12-19(24-18)20(23)21-13-17(22(2)3)15-7-5-4-6-8-15/h4-8,12,14,17H,9-11,13H2,1-3H3,(H,21,23)/t14-,17-/m1/s1. The molecule has 1 aliphatic rings. The van der Waals surface area contributed by atoms with Crippen LogP contribution in [0.2, 0.25) is 0 Å². The summed E-state index contributed by atoms with van der Waals surface area (Å²) in [7, 11) is 4.10. The van der Waals surface area contributed by atoms with E-state index in [1.54, 1.807) is 11.3 Å². The molecule has 1 N–H and O–H groups in total. The molecule has 0 saturated heterocycles. The number of nitrogens with zero attached hydrogens (tertiary/aromatic N) is 1. The normalized spacial score (nSPS) is 18.2. The number of hydrogen-bond acceptors (Lipinski definition) is 3. The predicted molar refractivity (Wildman–Crippen MR) is 101 cm³/mol. The van der Waals surface area contributed by atoms with E-state index in [4.69, 9.17) is 0 Å². The minimum atomic E-state index is 0.0600. The van der Waals surface area contributed by atoms with Crippen molar-refractivity contribution < 1.29 is 4.79 Å². The van der Waals surface area contributed by atoms with Crippen LogP contribution in [0.15, 0.2) is 36.4 Å². The minimum Gasteiger partial charge on any atom is -0.349 e. The number of hydrogen-bond donors (Lipinski definition) is 1. The summed E-state index contributed by atoms with van der Waals surface area (Å²) >= 11 is 1.68. The molecule has 3 rings (SSSR count). The van der Waals surface area contributed by atoms with E-state index in [0.717, 1.165) is 23.6 Å². The predicted octanol–water partition coefficient (Wildman–Crippen LogP) is 3.91. The highest BCUT2D eigenvalue weighted by Gasteiger charge is 2.21. The molecule has 3 nitrogen and oxygen atoms in total. The Morgan fingerprint density at radius 1 is 1.33 bits per heavy atom. The minimum absolute atomic E-state index is 0.0600. The fourth-order valence-electron chi connectivity index (χ4n) is 3.37. The quantitative estimate of drug-likeness (QED) is 0.893. The van der Waals surface area contributed by atoms with Gasteiger partial charge in [-0.3, -0.25) is 4.79 Å². The van der Waals surface area contributed by atoms with Crippen LogP contribution in [0.5, 0.6) is 0 Å². The fourth-order valence-corrected chi connectivity index (χ4v) is 4.49. The highest BCUT2D eigenvalue weighted by molar-refractivity contribution is 7.14. The molecule has 1 aliphatic carbocycles. The number of carbonyl (C=O) groups is 1. The second kappa shape index (κ2) is 7.49. The van der Waals surface area contributed by atoms with Gasteiger partial charge in [0.05, 0.1) is 10.9 Å². The summed E-state index contributed by atoms with van der Waals surface area (Å²) in [5.74, 6) is 0.795. The van der Waals surface area contributed by atoms with Crippen LogP contribution in [0.3, 0.4) is 0 Å². The van der Waals surface area contributed by atoms with Crippen molar-refractivity contribution >= 4 is 17.2 Å². The number of fused-ring (bicyclic) bond motifs is 1. The third kappa shape index (κ3) is 3.87. The summed E-state index contributed by atoms with van der Waals surface area (Å²) in [5, 5.41) is 3.13. The first kappa shape index (κ1) is 17.2. The summed E-state index contributed by atoms with van der Waals surface area (Å²) in [6.07, 6.45) is 3.48. The van der Waals surface area contributed by atoms with Gasteiger partial charge >= 0.3 is 0 Å². The largest absolute Gasteiger partial charge is 0.349 e. The van der Waals surface area contributed by atoms with Crippen LogP contribution in [0.4, 0.5) is 0 Å². The molecule has 0 spiro atoms. The van der Waals surface area contributed by atoms with E-state index in [1.807, 2.05) is 18.2 Å². The Bertz CT molecular complexity index is 693. The Labute approximate surface area is 148 Å². The number of nitrogens with one attached hydrogen (secondary N) is 1. The topological polar surface area (TPSA) is 32.3 Å². The number of rotatable bonds is 5. The molecule has 1 aromatic carbocycles. The Morgan fingerprint density at radius 2 is 2.08 bits per heavy atom. The number of benzene rings is 1. The summed E-state index contributed by atoms with van der Waals surface area (Å²) in [6, 6.07) is 12.6. The maximum Gasteiger partial charge on any atom is 0.261 e. The Kier molecular flexibility index (Phi) is 5.36. The van der Waals surface area contributed by atoms with Gasteiger partial charge < -0.3 is 10.2 Å². The molecule has 128 valence electrons. The van der Waals surface area contributed by atoms with E-state index in [9.17, 15) is 4.79 Å². The molecule has 0 aliphatic heterocycles. The number of carbonyl (C=O) groups excluding carboxylic acids is 1. The molecule has 4 heteroatoms. The van der Waals surface area contributed by atoms with Crippen molar-refractivity contribution in [1.82, 2.24) is 10.2 Å². The van der Waals surface area contributed by atoms with E-state index in [-0.39, 0.29) is 11.9 Å². The molecule has 0 radical (unpaired) electrons. The van der Waals surface area contributed by atoms with Crippen molar-refractivity contribution in [3.8, 4) is 0 Å². The maximum absolute atomic E-state index is 12.6. The second-order valence-corrected chi connectivity index (χ2v) is 8.14. The summed E-state index contributed by atoms with van der Waals surface area (Å²) in [6.45, 7) is 2.91. The number of aryl methyl sites for hydroxylation is 1. The summed E-state index contributed by atoms with van der Waals surface area (Å²) in [4.78, 5) is 17.0. The lowest BCUT2D eigenvalue weighted by molar-refractivity contribution is 0.0946. The molecule has 2 aromatic rings. The maximum atomic E-state index is 12.6. The molecule has 0 unspecified atom stereocenters. The second-order valence-electron chi connectivity index (χ2n) is 7.01. The fraction of sp³-hybridized carbons (Fsp3) is 0.450. The van der Waals surface area contributed by atoms with Crippen LogP contribution >= 0.6 is 11.3 Å². The summed E-state index contributed by atoms with van der Waals surface area (Å²) < 4.78 is 0. The van der Waals surface area contributed by atoms with Crippen molar-refractivity contribution in [2.24, 2.45) is 5.92 Å². The van der Waals surface area contributed by atoms with Crippen LogP contribution in [0.1, 0.15) is 45.1 Å². The van der Waals surface area contributed by atoms with Crippen LogP contribution < -0.4 is 5.32 Å².